The number of nitrogens with one attached hydrogen (secondary N) is 2. The number of carbonyl (C=O) groups is 2. The molecule has 2 amide bonds. The highest BCUT2D eigenvalue weighted by atomic mass is 16.6. The first-order valence-electron chi connectivity index (χ1n) is 10.2. The van der Waals surface area contributed by atoms with E-state index < -0.39 is 0 Å². The third kappa shape index (κ3) is 8.59. The van der Waals surface area contributed by atoms with Gasteiger partial charge in [0.25, 0.3) is 0 Å². The van der Waals surface area contributed by atoms with E-state index in [9.17, 15) is 9.59 Å². The zero-order chi connectivity index (χ0) is 20.3. The molecule has 0 saturated carbocycles. The van der Waals surface area contributed by atoms with Gasteiger partial charge < -0.3 is 18.9 Å². The molecule has 28 heavy (non-hydrogen) atoms. The van der Waals surface area contributed by atoms with Crippen LogP contribution in [-0.2, 0) is 18.9 Å². The topological polar surface area (TPSA) is 95.1 Å². The summed E-state index contributed by atoms with van der Waals surface area (Å²) in [6, 6.07) is 0. The lowest BCUT2D eigenvalue weighted by atomic mass is 10.2. The summed E-state index contributed by atoms with van der Waals surface area (Å²) >= 11 is 0. The number of likely N-dealkylation sites (N-methyl/N-ethyl adjacent to an activating group) is 2. The van der Waals surface area contributed by atoms with Gasteiger partial charge in [-0.2, -0.15) is 10.9 Å². The molecule has 0 aromatic heterocycles. The maximum Gasteiger partial charge on any atom is 0.451 e. The molecule has 2 saturated heterocycles. The van der Waals surface area contributed by atoms with Crippen molar-refractivity contribution in [3.8, 4) is 0 Å². The van der Waals surface area contributed by atoms with Crippen LogP contribution in [0.3, 0.4) is 0 Å². The van der Waals surface area contributed by atoms with Gasteiger partial charge in [0.15, 0.2) is 0 Å². The summed E-state index contributed by atoms with van der Waals surface area (Å²) in [5.74, 6) is 0. The van der Waals surface area contributed by atoms with Gasteiger partial charge in [-0.25, -0.2) is 18.8 Å². The van der Waals surface area contributed by atoms with E-state index in [1.165, 1.54) is 0 Å². The number of amides is 2. The Hall–Kier alpha value is -1.62. The number of ether oxygens (including phenoxy) is 4. The van der Waals surface area contributed by atoms with Crippen LogP contribution in [0.4, 0.5) is 9.59 Å². The van der Waals surface area contributed by atoms with Crippen molar-refractivity contribution in [3.05, 3.63) is 0 Å². The third-order valence-electron chi connectivity index (χ3n) is 5.14. The molecule has 10 heteroatoms. The van der Waals surface area contributed by atoms with Gasteiger partial charge in [-0.15, -0.1) is 0 Å². The summed E-state index contributed by atoms with van der Waals surface area (Å²) in [6.45, 7) is 6.33. The molecule has 10 nitrogen and oxygen atoms in total. The van der Waals surface area contributed by atoms with Gasteiger partial charge in [0.2, 0.25) is 0 Å². The Morgan fingerprint density at radius 1 is 0.714 bits per heavy atom. The van der Waals surface area contributed by atoms with Gasteiger partial charge in [0.05, 0.1) is 53.7 Å². The number of carbonyl (C=O) groups excluding carboxylic acids is 2. The van der Waals surface area contributed by atoms with Crippen LogP contribution in [0.2, 0.25) is 0 Å². The van der Waals surface area contributed by atoms with Gasteiger partial charge in [0, 0.05) is 0 Å². The average molecular weight is 405 g/mol. The fourth-order valence-electron chi connectivity index (χ4n) is 3.11. The Labute approximate surface area is 167 Å². The summed E-state index contributed by atoms with van der Waals surface area (Å²) in [7, 11) is 3.92. The van der Waals surface area contributed by atoms with Crippen LogP contribution in [0.25, 0.3) is 0 Å². The summed E-state index contributed by atoms with van der Waals surface area (Å²) in [5.41, 5.74) is 5.76. The maximum absolute atomic E-state index is 11.9. The Morgan fingerprint density at radius 3 is 1.43 bits per heavy atom. The van der Waals surface area contributed by atoms with E-state index in [2.05, 4.69) is 10.9 Å². The highest BCUT2D eigenvalue weighted by Gasteiger charge is 2.29. The Bertz CT molecular complexity index is 448. The Kier molecular flexibility index (Phi) is 9.23. The van der Waals surface area contributed by atoms with Crippen molar-refractivity contribution < 1.29 is 37.7 Å². The first kappa shape index (κ1) is 22.7. The number of unbranched alkanes of at least 4 members (excludes halogenated alkanes) is 3. The van der Waals surface area contributed by atoms with Crippen molar-refractivity contribution >= 4 is 12.2 Å². The standard InChI is InChI=1S/C18H34N4O6/c1-21(7-13-25-14-8-21)19-17(23)27-11-5-3-4-6-12-28-18(24)20-22(2)9-15-26-16-10-22/h3-16H2,1-2H3/p+2. The molecule has 2 heterocycles. The van der Waals surface area contributed by atoms with E-state index in [-0.39, 0.29) is 12.2 Å². The molecule has 0 aromatic carbocycles. The second kappa shape index (κ2) is 11.4. The fourth-order valence-corrected chi connectivity index (χ4v) is 3.11. The van der Waals surface area contributed by atoms with Crippen molar-refractivity contribution in [1.82, 2.24) is 10.9 Å². The van der Waals surface area contributed by atoms with Crippen molar-refractivity contribution in [2.45, 2.75) is 25.7 Å². The molecule has 0 radical (unpaired) electrons. The monoisotopic (exact) mass is 404 g/mol. The number of quaternary nitrogens is 2. The SMILES string of the molecule is C[N+]1(NC(=O)OCCCCCCOC(=O)N[N+]2(C)CCOCC2)CCOCC1. The molecular weight excluding hydrogens is 368 g/mol. The minimum atomic E-state index is -0.385. The van der Waals surface area contributed by atoms with E-state index >= 15 is 0 Å². The molecule has 2 rings (SSSR count). The number of nitrogens with zero attached hydrogens (tertiary/aromatic N) is 2. The highest BCUT2D eigenvalue weighted by Crippen LogP contribution is 2.06. The predicted molar refractivity (Wildman–Crippen MR) is 101 cm³/mol. The van der Waals surface area contributed by atoms with Gasteiger partial charge >= 0.3 is 12.2 Å². The summed E-state index contributed by atoms with van der Waals surface area (Å²) in [6.07, 6.45) is 2.66. The van der Waals surface area contributed by atoms with Crippen molar-refractivity contribution in [2.75, 3.05) is 79.9 Å². The van der Waals surface area contributed by atoms with Crippen molar-refractivity contribution in [1.29, 1.82) is 0 Å². The molecule has 2 aliphatic rings. The quantitative estimate of drug-likeness (QED) is 0.436. The largest absolute Gasteiger partial charge is 0.451 e. The van der Waals surface area contributed by atoms with Crippen LogP contribution >= 0.6 is 0 Å². The van der Waals surface area contributed by atoms with Crippen LogP contribution in [0.5, 0.6) is 0 Å². The fraction of sp³-hybridized carbons (Fsp3) is 0.889. The van der Waals surface area contributed by atoms with E-state index in [1.807, 2.05) is 14.1 Å². The second-order valence-electron chi connectivity index (χ2n) is 7.82. The van der Waals surface area contributed by atoms with Crippen LogP contribution in [0.15, 0.2) is 0 Å². The van der Waals surface area contributed by atoms with E-state index in [0.717, 1.165) is 51.9 Å². The lowest BCUT2D eigenvalue weighted by Crippen LogP contribution is -2.62. The lowest BCUT2D eigenvalue weighted by molar-refractivity contribution is -0.950. The molecule has 162 valence electrons. The highest BCUT2D eigenvalue weighted by molar-refractivity contribution is 5.66. The summed E-state index contributed by atoms with van der Waals surface area (Å²) in [5, 5.41) is 0. The third-order valence-corrected chi connectivity index (χ3v) is 5.14. The minimum Gasteiger partial charge on any atom is -0.446 e. The van der Waals surface area contributed by atoms with Crippen LogP contribution in [-0.4, -0.2) is 101 Å². The van der Waals surface area contributed by atoms with Gasteiger partial charge in [0.1, 0.15) is 26.2 Å². The molecule has 2 N–H and O–H groups in total. The van der Waals surface area contributed by atoms with Crippen molar-refractivity contribution in [3.63, 3.8) is 0 Å². The number of rotatable bonds is 9. The Balaban J connectivity index is 1.43. The summed E-state index contributed by atoms with van der Waals surface area (Å²) < 4.78 is 22.0. The number of hydrogen-bond donors (Lipinski definition) is 2. The maximum atomic E-state index is 11.9. The predicted octanol–water partition coefficient (Wildman–Crippen LogP) is 0.783. The first-order chi connectivity index (χ1) is 13.4. The molecule has 0 aliphatic carbocycles. The van der Waals surface area contributed by atoms with Crippen LogP contribution < -0.4 is 10.9 Å². The second-order valence-corrected chi connectivity index (χ2v) is 7.82. The molecule has 2 fully saturated rings. The van der Waals surface area contributed by atoms with Gasteiger partial charge in [-0.3, -0.25) is 0 Å². The molecule has 0 aromatic rings. The van der Waals surface area contributed by atoms with Gasteiger partial charge in [-0.05, 0) is 25.7 Å². The van der Waals surface area contributed by atoms with Crippen molar-refractivity contribution in [2.24, 2.45) is 0 Å². The lowest BCUT2D eigenvalue weighted by Gasteiger charge is -2.35. The summed E-state index contributed by atoms with van der Waals surface area (Å²) in [4.78, 5) is 23.7. The van der Waals surface area contributed by atoms with Crippen LogP contribution in [0.1, 0.15) is 25.7 Å². The van der Waals surface area contributed by atoms with E-state index in [1.54, 1.807) is 0 Å². The molecule has 0 spiro atoms. The minimum absolute atomic E-state index is 0.385. The molecule has 0 atom stereocenters. The average Bonchev–Trinajstić information content (AvgIpc) is 2.64. The number of hydrogen-bond acceptors (Lipinski definition) is 6. The van der Waals surface area contributed by atoms with E-state index in [4.69, 9.17) is 18.9 Å². The van der Waals surface area contributed by atoms with E-state index in [0.29, 0.717) is 48.8 Å². The molecular formula is C18H36N4O6+2. The zero-order valence-corrected chi connectivity index (χ0v) is 17.2. The first-order valence-corrected chi connectivity index (χ1v) is 10.2. The Morgan fingerprint density at radius 2 is 1.07 bits per heavy atom. The smallest absolute Gasteiger partial charge is 0.446 e. The van der Waals surface area contributed by atoms with Gasteiger partial charge in [-0.1, -0.05) is 0 Å². The normalized spacial score (nSPS) is 20.8. The molecule has 0 unspecified atom stereocenters. The van der Waals surface area contributed by atoms with Crippen LogP contribution in [0, 0.1) is 0 Å². The molecule has 2 aliphatic heterocycles. The zero-order valence-electron chi connectivity index (χ0n) is 17.2. The number of morpholine rings is 2. The molecule has 0 bridgehead atoms.